The van der Waals surface area contributed by atoms with Crippen LogP contribution in [0.2, 0.25) is 0 Å². The number of carbonyl (C=O) groups excluding carboxylic acids is 1. The van der Waals surface area contributed by atoms with Gasteiger partial charge in [-0.15, -0.1) is 0 Å². The van der Waals surface area contributed by atoms with Gasteiger partial charge in [-0.1, -0.05) is 0 Å². The lowest BCUT2D eigenvalue weighted by Crippen LogP contribution is -2.49. The second-order valence-electron chi connectivity index (χ2n) is 2.04. The van der Waals surface area contributed by atoms with Crippen molar-refractivity contribution in [3.63, 3.8) is 0 Å². The summed E-state index contributed by atoms with van der Waals surface area (Å²) in [4.78, 5) is 21.0. The van der Waals surface area contributed by atoms with E-state index in [4.69, 9.17) is 11.7 Å². The molecule has 0 bridgehead atoms. The van der Waals surface area contributed by atoms with Crippen molar-refractivity contribution in [2.24, 2.45) is 11.7 Å². The molecular formula is C6H13N7O. The summed E-state index contributed by atoms with van der Waals surface area (Å²) in [6.45, 7) is 2.31. The van der Waals surface area contributed by atoms with E-state index in [1.807, 2.05) is 0 Å². The molecule has 78 valence electrons. The number of hydrogen-bond acceptors (Lipinski definition) is 6. The number of aromatic nitrogens is 3. The van der Waals surface area contributed by atoms with E-state index < -0.39 is 6.03 Å². The van der Waals surface area contributed by atoms with Crippen molar-refractivity contribution < 1.29 is 4.79 Å². The first-order chi connectivity index (χ1) is 6.68. The highest BCUT2D eigenvalue weighted by Gasteiger charge is 1.98. The minimum atomic E-state index is -0.479. The van der Waals surface area contributed by atoms with E-state index in [0.29, 0.717) is 11.7 Å². The molecule has 8 heteroatoms. The Morgan fingerprint density at radius 3 is 1.86 bits per heavy atom. The van der Waals surface area contributed by atoms with E-state index in [-0.39, 0.29) is 0 Å². The first-order valence-corrected chi connectivity index (χ1v) is 3.80. The average molecular weight is 199 g/mol. The SMILES string of the molecule is CCNC(=O)N(N)N.c1ncncn1. The van der Waals surface area contributed by atoms with Crippen molar-refractivity contribution in [2.45, 2.75) is 6.92 Å². The fraction of sp³-hybridized carbons (Fsp3) is 0.333. The van der Waals surface area contributed by atoms with Gasteiger partial charge >= 0.3 is 6.03 Å². The second-order valence-corrected chi connectivity index (χ2v) is 2.04. The molecule has 1 heterocycles. The van der Waals surface area contributed by atoms with Crippen LogP contribution in [0, 0.1) is 0 Å². The lowest BCUT2D eigenvalue weighted by molar-refractivity contribution is 0.200. The van der Waals surface area contributed by atoms with Gasteiger partial charge in [-0.3, -0.25) is 0 Å². The number of amides is 2. The van der Waals surface area contributed by atoms with Crippen LogP contribution in [0.5, 0.6) is 0 Å². The molecule has 0 aliphatic rings. The summed E-state index contributed by atoms with van der Waals surface area (Å²) >= 11 is 0. The first-order valence-electron chi connectivity index (χ1n) is 3.80. The smallest absolute Gasteiger partial charge is 0.336 e. The van der Waals surface area contributed by atoms with Gasteiger partial charge in [0.05, 0.1) is 0 Å². The van der Waals surface area contributed by atoms with E-state index in [1.54, 1.807) is 6.92 Å². The summed E-state index contributed by atoms with van der Waals surface area (Å²) in [5.41, 5.74) is 0. The van der Waals surface area contributed by atoms with Crippen molar-refractivity contribution in [3.05, 3.63) is 19.0 Å². The summed E-state index contributed by atoms with van der Waals surface area (Å²) < 4.78 is 0. The number of hydrazine groups is 2. The van der Waals surface area contributed by atoms with Crippen LogP contribution in [-0.2, 0) is 0 Å². The predicted molar refractivity (Wildman–Crippen MR) is 49.1 cm³/mol. The molecule has 0 fully saturated rings. The average Bonchev–Trinajstić information content (AvgIpc) is 2.21. The number of nitrogens with zero attached hydrogens (tertiary/aromatic N) is 4. The third kappa shape index (κ3) is 6.88. The van der Waals surface area contributed by atoms with E-state index in [9.17, 15) is 4.79 Å². The number of carbonyl (C=O) groups is 1. The van der Waals surface area contributed by atoms with Crippen molar-refractivity contribution >= 4 is 6.03 Å². The molecule has 0 atom stereocenters. The minimum Gasteiger partial charge on any atom is -0.336 e. The molecule has 2 amide bonds. The molecular weight excluding hydrogens is 186 g/mol. The lowest BCUT2D eigenvalue weighted by Gasteiger charge is -2.07. The largest absolute Gasteiger partial charge is 0.346 e. The minimum absolute atomic E-state index is 0.479. The molecule has 1 aromatic heterocycles. The fourth-order valence-corrected chi connectivity index (χ4v) is 0.447. The van der Waals surface area contributed by atoms with Crippen LogP contribution in [0.25, 0.3) is 0 Å². The Morgan fingerprint density at radius 1 is 1.29 bits per heavy atom. The van der Waals surface area contributed by atoms with E-state index in [2.05, 4.69) is 20.3 Å². The van der Waals surface area contributed by atoms with Crippen LogP contribution in [0.15, 0.2) is 19.0 Å². The molecule has 0 saturated carbocycles. The zero-order valence-electron chi connectivity index (χ0n) is 7.79. The molecule has 0 radical (unpaired) electrons. The van der Waals surface area contributed by atoms with E-state index in [0.717, 1.165) is 0 Å². The third-order valence-corrected chi connectivity index (χ3v) is 0.963. The topological polar surface area (TPSA) is 123 Å². The number of nitrogens with two attached hydrogens (primary N) is 2. The van der Waals surface area contributed by atoms with Crippen LogP contribution in [-0.4, -0.2) is 32.6 Å². The summed E-state index contributed by atoms with van der Waals surface area (Å²) in [7, 11) is 0. The zero-order valence-corrected chi connectivity index (χ0v) is 7.79. The van der Waals surface area contributed by atoms with Crippen molar-refractivity contribution in [3.8, 4) is 0 Å². The quantitative estimate of drug-likeness (QED) is 0.291. The maximum Gasteiger partial charge on any atom is 0.346 e. The Balaban J connectivity index is 0.000000249. The summed E-state index contributed by atoms with van der Waals surface area (Å²) in [5, 5.41) is 2.89. The fourth-order valence-electron chi connectivity index (χ4n) is 0.447. The number of urea groups is 1. The number of rotatable bonds is 1. The van der Waals surface area contributed by atoms with E-state index in [1.165, 1.54) is 19.0 Å². The van der Waals surface area contributed by atoms with Gasteiger partial charge < -0.3 is 5.32 Å². The van der Waals surface area contributed by atoms with Crippen molar-refractivity contribution in [1.82, 2.24) is 25.4 Å². The third-order valence-electron chi connectivity index (χ3n) is 0.963. The Morgan fingerprint density at radius 2 is 1.71 bits per heavy atom. The zero-order chi connectivity index (χ0) is 10.8. The molecule has 1 aromatic rings. The lowest BCUT2D eigenvalue weighted by atomic mass is 10.7. The normalized spacial score (nSPS) is 8.21. The molecule has 14 heavy (non-hydrogen) atoms. The summed E-state index contributed by atoms with van der Waals surface area (Å²) in [6.07, 6.45) is 4.31. The highest BCUT2D eigenvalue weighted by molar-refractivity contribution is 5.72. The molecule has 8 nitrogen and oxygen atoms in total. The van der Waals surface area contributed by atoms with Crippen LogP contribution < -0.4 is 17.0 Å². The highest BCUT2D eigenvalue weighted by Crippen LogP contribution is 1.65. The molecule has 5 N–H and O–H groups in total. The van der Waals surface area contributed by atoms with E-state index >= 15 is 0 Å². The molecule has 0 aromatic carbocycles. The highest BCUT2D eigenvalue weighted by atomic mass is 16.2. The van der Waals surface area contributed by atoms with Gasteiger partial charge in [0.15, 0.2) is 0 Å². The van der Waals surface area contributed by atoms with Gasteiger partial charge in [-0.2, -0.15) is 5.12 Å². The molecule has 0 aliphatic carbocycles. The maximum absolute atomic E-state index is 10.3. The molecule has 0 aliphatic heterocycles. The monoisotopic (exact) mass is 199 g/mol. The molecule has 0 saturated heterocycles. The van der Waals surface area contributed by atoms with Gasteiger partial charge in [0, 0.05) is 6.54 Å². The van der Waals surface area contributed by atoms with Crippen LogP contribution in [0.3, 0.4) is 0 Å². The van der Waals surface area contributed by atoms with Crippen LogP contribution >= 0.6 is 0 Å². The predicted octanol–water partition coefficient (Wildman–Crippen LogP) is -1.36. The standard InChI is InChI=1S/C3H10N4O.C3H3N3/c1-2-6-3(8)7(4)5;1-4-2-6-3-5-1/h2,4-5H2,1H3,(H,6,8);1-3H. The van der Waals surface area contributed by atoms with Gasteiger partial charge in [0.2, 0.25) is 0 Å². The van der Waals surface area contributed by atoms with Gasteiger partial charge in [-0.05, 0) is 6.92 Å². The maximum atomic E-state index is 10.3. The van der Waals surface area contributed by atoms with Gasteiger partial charge in [-0.25, -0.2) is 31.4 Å². The molecule has 0 spiro atoms. The second kappa shape index (κ2) is 7.83. The van der Waals surface area contributed by atoms with Gasteiger partial charge in [0.25, 0.3) is 0 Å². The first kappa shape index (κ1) is 12.2. The molecule has 0 unspecified atom stereocenters. The number of nitrogens with one attached hydrogen (secondary N) is 1. The Labute approximate surface area is 81.3 Å². The summed E-state index contributed by atoms with van der Waals surface area (Å²) in [6, 6.07) is -0.479. The van der Waals surface area contributed by atoms with Crippen LogP contribution in [0.4, 0.5) is 4.79 Å². The van der Waals surface area contributed by atoms with Gasteiger partial charge in [0.1, 0.15) is 19.0 Å². The number of hydrogen-bond donors (Lipinski definition) is 3. The van der Waals surface area contributed by atoms with Crippen molar-refractivity contribution in [2.75, 3.05) is 6.54 Å². The Bertz CT molecular complexity index is 212. The van der Waals surface area contributed by atoms with Crippen LogP contribution in [0.1, 0.15) is 6.92 Å². The Kier molecular flexibility index (Phi) is 6.82. The summed E-state index contributed by atoms with van der Waals surface area (Å²) in [5.74, 6) is 9.64. The Hall–Kier alpha value is -1.80. The van der Waals surface area contributed by atoms with Crippen molar-refractivity contribution in [1.29, 1.82) is 0 Å². The molecule has 1 rings (SSSR count).